The van der Waals surface area contributed by atoms with Gasteiger partial charge < -0.3 is 14.8 Å². The number of imide groups is 1. The maximum atomic E-state index is 12.9. The zero-order valence-electron chi connectivity index (χ0n) is 20.0. The lowest BCUT2D eigenvalue weighted by molar-refractivity contribution is -0.116. The predicted octanol–water partition coefficient (Wildman–Crippen LogP) is 5.55. The van der Waals surface area contributed by atoms with Gasteiger partial charge in [-0.3, -0.25) is 19.3 Å². The van der Waals surface area contributed by atoms with Crippen LogP contribution >= 0.6 is 0 Å². The summed E-state index contributed by atoms with van der Waals surface area (Å²) in [6.45, 7) is 0.955. The quantitative estimate of drug-likeness (QED) is 0.505. The van der Waals surface area contributed by atoms with Crippen LogP contribution < -0.4 is 10.1 Å². The van der Waals surface area contributed by atoms with Crippen molar-refractivity contribution in [2.45, 2.75) is 63.9 Å². The molecule has 3 aliphatic rings. The number of carbonyl (C=O) groups is 3. The fraction of sp³-hybridized carbons (Fsp3) is 0.464. The largest absolute Gasteiger partial charge is 0.457 e. The third-order valence-electron chi connectivity index (χ3n) is 7.21. The second kappa shape index (κ2) is 10.6. The molecule has 2 aliphatic heterocycles. The van der Waals surface area contributed by atoms with E-state index in [1.807, 2.05) is 12.1 Å². The zero-order chi connectivity index (χ0) is 24.2. The first-order valence-corrected chi connectivity index (χ1v) is 12.8. The lowest BCUT2D eigenvalue weighted by Gasteiger charge is -2.21. The number of anilines is 1. The molecule has 184 valence electrons. The molecule has 7 heteroatoms. The van der Waals surface area contributed by atoms with Crippen LogP contribution in [0.1, 0.15) is 78.5 Å². The number of nitrogens with zero attached hydrogens (tertiary/aromatic N) is 1. The lowest BCUT2D eigenvalue weighted by atomic mass is 9.86. The molecule has 1 atom stereocenters. The second-order valence-corrected chi connectivity index (χ2v) is 9.78. The molecular weight excluding hydrogens is 444 g/mol. The minimum absolute atomic E-state index is 0.0145. The Balaban J connectivity index is 1.20. The normalized spacial score (nSPS) is 20.2. The summed E-state index contributed by atoms with van der Waals surface area (Å²) >= 11 is 0. The van der Waals surface area contributed by atoms with Crippen molar-refractivity contribution in [1.82, 2.24) is 4.90 Å². The molecule has 2 fully saturated rings. The molecule has 35 heavy (non-hydrogen) atoms. The van der Waals surface area contributed by atoms with Crippen LogP contribution in [0.5, 0.6) is 11.5 Å². The molecule has 0 radical (unpaired) electrons. The van der Waals surface area contributed by atoms with E-state index in [0.29, 0.717) is 47.3 Å². The number of ether oxygens (including phenoxy) is 2. The SMILES string of the molecule is O=C(CCC1CCCCC1)Nc1cccc(Oc2ccc3c(c2)C(=O)N(CC2CCCO2)C3=O)c1. The number of nitrogens with one attached hydrogen (secondary N) is 1. The molecule has 0 bridgehead atoms. The van der Waals surface area contributed by atoms with Gasteiger partial charge in [0, 0.05) is 24.8 Å². The van der Waals surface area contributed by atoms with E-state index in [2.05, 4.69) is 5.32 Å². The highest BCUT2D eigenvalue weighted by Crippen LogP contribution is 2.31. The van der Waals surface area contributed by atoms with Crippen LogP contribution in [-0.2, 0) is 9.53 Å². The monoisotopic (exact) mass is 476 g/mol. The van der Waals surface area contributed by atoms with E-state index in [-0.39, 0.29) is 30.4 Å². The number of rotatable bonds is 8. The topological polar surface area (TPSA) is 84.9 Å². The Morgan fingerprint density at radius 3 is 2.54 bits per heavy atom. The van der Waals surface area contributed by atoms with Gasteiger partial charge in [-0.25, -0.2) is 0 Å². The van der Waals surface area contributed by atoms with Crippen molar-refractivity contribution in [3.8, 4) is 11.5 Å². The average Bonchev–Trinajstić information content (AvgIpc) is 3.47. The molecule has 2 heterocycles. The van der Waals surface area contributed by atoms with E-state index in [1.54, 1.807) is 30.3 Å². The van der Waals surface area contributed by atoms with Gasteiger partial charge in [-0.1, -0.05) is 38.2 Å². The zero-order valence-corrected chi connectivity index (χ0v) is 20.0. The summed E-state index contributed by atoms with van der Waals surface area (Å²) in [6.07, 6.45) is 9.52. The molecule has 2 aromatic rings. The fourth-order valence-electron chi connectivity index (χ4n) is 5.30. The number of carbonyl (C=O) groups excluding carboxylic acids is 3. The van der Waals surface area contributed by atoms with Crippen LogP contribution in [0.15, 0.2) is 42.5 Å². The van der Waals surface area contributed by atoms with Crippen molar-refractivity contribution in [3.05, 3.63) is 53.6 Å². The van der Waals surface area contributed by atoms with Gasteiger partial charge in [0.15, 0.2) is 0 Å². The molecule has 2 aromatic carbocycles. The predicted molar refractivity (Wildman–Crippen MR) is 132 cm³/mol. The van der Waals surface area contributed by atoms with E-state index in [1.165, 1.54) is 37.0 Å². The van der Waals surface area contributed by atoms with Crippen LogP contribution in [-0.4, -0.2) is 41.9 Å². The Morgan fingerprint density at radius 1 is 0.943 bits per heavy atom. The van der Waals surface area contributed by atoms with E-state index in [9.17, 15) is 14.4 Å². The van der Waals surface area contributed by atoms with E-state index in [0.717, 1.165) is 19.3 Å². The van der Waals surface area contributed by atoms with Gasteiger partial charge in [0.25, 0.3) is 11.8 Å². The number of amides is 3. The summed E-state index contributed by atoms with van der Waals surface area (Å²) in [5.41, 5.74) is 1.41. The summed E-state index contributed by atoms with van der Waals surface area (Å²) < 4.78 is 11.6. The first kappa shape index (κ1) is 23.5. The van der Waals surface area contributed by atoms with Crippen LogP contribution in [0.3, 0.4) is 0 Å². The molecule has 7 nitrogen and oxygen atoms in total. The average molecular weight is 477 g/mol. The van der Waals surface area contributed by atoms with Gasteiger partial charge in [-0.05, 0) is 55.5 Å². The number of hydrogen-bond acceptors (Lipinski definition) is 5. The third kappa shape index (κ3) is 5.56. The minimum atomic E-state index is -0.315. The van der Waals surface area contributed by atoms with E-state index >= 15 is 0 Å². The molecule has 1 N–H and O–H groups in total. The van der Waals surface area contributed by atoms with Crippen molar-refractivity contribution >= 4 is 23.4 Å². The van der Waals surface area contributed by atoms with Crippen LogP contribution in [0.25, 0.3) is 0 Å². The standard InChI is InChI=1S/C28H32N2O5/c31-26(14-11-19-6-2-1-3-7-19)29-20-8-4-9-21(16-20)35-22-12-13-24-25(17-22)28(33)30(27(24)32)18-23-10-5-15-34-23/h4,8-9,12-13,16-17,19,23H,1-3,5-7,10-11,14-15,18H2,(H,29,31). The summed E-state index contributed by atoms with van der Waals surface area (Å²) in [4.78, 5) is 39.3. The van der Waals surface area contributed by atoms with Gasteiger partial charge >= 0.3 is 0 Å². The van der Waals surface area contributed by atoms with Gasteiger partial charge in [-0.2, -0.15) is 0 Å². The first-order valence-electron chi connectivity index (χ1n) is 12.8. The molecule has 1 aliphatic carbocycles. The van der Waals surface area contributed by atoms with E-state index in [4.69, 9.17) is 9.47 Å². The lowest BCUT2D eigenvalue weighted by Crippen LogP contribution is -2.36. The van der Waals surface area contributed by atoms with Crippen molar-refractivity contribution in [2.24, 2.45) is 5.92 Å². The Bertz CT molecular complexity index is 1100. The van der Waals surface area contributed by atoms with Crippen molar-refractivity contribution < 1.29 is 23.9 Å². The number of hydrogen-bond donors (Lipinski definition) is 1. The highest BCUT2D eigenvalue weighted by molar-refractivity contribution is 6.21. The third-order valence-corrected chi connectivity index (χ3v) is 7.21. The minimum Gasteiger partial charge on any atom is -0.457 e. The van der Waals surface area contributed by atoms with Gasteiger partial charge in [0.2, 0.25) is 5.91 Å². The molecule has 5 rings (SSSR count). The molecule has 3 amide bonds. The summed E-state index contributed by atoms with van der Waals surface area (Å²) in [5, 5.41) is 2.97. The number of benzene rings is 2. The van der Waals surface area contributed by atoms with Gasteiger partial charge in [-0.15, -0.1) is 0 Å². The van der Waals surface area contributed by atoms with Gasteiger partial charge in [0.1, 0.15) is 11.5 Å². The summed E-state index contributed by atoms with van der Waals surface area (Å²) in [5.74, 6) is 1.09. The van der Waals surface area contributed by atoms with Crippen molar-refractivity contribution in [3.63, 3.8) is 0 Å². The fourth-order valence-corrected chi connectivity index (χ4v) is 5.30. The van der Waals surface area contributed by atoms with E-state index < -0.39 is 0 Å². The number of fused-ring (bicyclic) bond motifs is 1. The molecular formula is C28H32N2O5. The summed E-state index contributed by atoms with van der Waals surface area (Å²) in [7, 11) is 0. The molecule has 1 saturated carbocycles. The maximum absolute atomic E-state index is 12.9. The Hall–Kier alpha value is -3.19. The van der Waals surface area contributed by atoms with Crippen LogP contribution in [0.2, 0.25) is 0 Å². The summed E-state index contributed by atoms with van der Waals surface area (Å²) in [6, 6.07) is 12.1. The maximum Gasteiger partial charge on any atom is 0.261 e. The smallest absolute Gasteiger partial charge is 0.261 e. The Morgan fingerprint density at radius 2 is 1.74 bits per heavy atom. The second-order valence-electron chi connectivity index (χ2n) is 9.78. The Labute approximate surface area is 205 Å². The Kier molecular flexibility index (Phi) is 7.13. The van der Waals surface area contributed by atoms with Gasteiger partial charge in [0.05, 0.1) is 23.8 Å². The highest BCUT2D eigenvalue weighted by atomic mass is 16.5. The molecule has 0 spiro atoms. The van der Waals surface area contributed by atoms with Crippen LogP contribution in [0, 0.1) is 5.92 Å². The van der Waals surface area contributed by atoms with Crippen molar-refractivity contribution in [1.29, 1.82) is 0 Å². The highest BCUT2D eigenvalue weighted by Gasteiger charge is 2.37. The van der Waals surface area contributed by atoms with Crippen LogP contribution in [0.4, 0.5) is 5.69 Å². The molecule has 0 aromatic heterocycles. The molecule has 1 unspecified atom stereocenters. The first-order chi connectivity index (χ1) is 17.1. The molecule has 1 saturated heterocycles. The van der Waals surface area contributed by atoms with Crippen molar-refractivity contribution in [2.75, 3.05) is 18.5 Å².